The van der Waals surface area contributed by atoms with Crippen molar-refractivity contribution in [2.45, 2.75) is 12.5 Å². The largest absolute Gasteiger partial charge is 0.268 e. The Kier molecular flexibility index (Phi) is 3.38. The monoisotopic (exact) mass is 388 g/mol. The number of halogens is 1. The number of sulfone groups is 1. The topological polar surface area (TPSA) is 52.0 Å². The Bertz CT molecular complexity index is 692. The summed E-state index contributed by atoms with van der Waals surface area (Å²) in [5.41, 5.74) is 2.13. The van der Waals surface area contributed by atoms with Crippen molar-refractivity contribution in [1.29, 1.82) is 0 Å². The zero-order valence-corrected chi connectivity index (χ0v) is 13.1. The first-order chi connectivity index (χ1) is 9.03. The molecule has 0 bridgehead atoms. The second-order valence-electron chi connectivity index (χ2n) is 4.77. The average Bonchev–Trinajstić information content (AvgIpc) is 2.96. The number of nitrogens with zero attached hydrogens (tertiary/aromatic N) is 2. The summed E-state index contributed by atoms with van der Waals surface area (Å²) in [5, 5.41) is 4.31. The van der Waals surface area contributed by atoms with E-state index in [1.54, 1.807) is 10.9 Å². The van der Waals surface area contributed by atoms with Crippen LogP contribution in [-0.4, -0.2) is 29.7 Å². The lowest BCUT2D eigenvalue weighted by Crippen LogP contribution is -2.11. The highest BCUT2D eigenvalue weighted by atomic mass is 127. The predicted molar refractivity (Wildman–Crippen MR) is 82.7 cm³/mol. The molecule has 1 fully saturated rings. The van der Waals surface area contributed by atoms with Crippen molar-refractivity contribution >= 4 is 32.4 Å². The fraction of sp³-hybridized carbons (Fsp3) is 0.308. The summed E-state index contributed by atoms with van der Waals surface area (Å²) >= 11 is 2.27. The molecule has 0 amide bonds. The van der Waals surface area contributed by atoms with Gasteiger partial charge in [-0.25, -0.2) is 8.42 Å². The van der Waals surface area contributed by atoms with Crippen LogP contribution in [-0.2, 0) is 9.84 Å². The van der Waals surface area contributed by atoms with E-state index in [0.717, 1.165) is 11.1 Å². The van der Waals surface area contributed by atoms with Gasteiger partial charge in [0.15, 0.2) is 9.84 Å². The van der Waals surface area contributed by atoms with Crippen LogP contribution in [0.15, 0.2) is 36.7 Å². The molecule has 100 valence electrons. The average molecular weight is 388 g/mol. The van der Waals surface area contributed by atoms with Crippen molar-refractivity contribution in [1.82, 2.24) is 9.78 Å². The normalized spacial score (nSPS) is 21.6. The fourth-order valence-corrected chi connectivity index (χ4v) is 4.38. The van der Waals surface area contributed by atoms with Crippen LogP contribution >= 0.6 is 22.6 Å². The van der Waals surface area contributed by atoms with Gasteiger partial charge in [0.25, 0.3) is 0 Å². The minimum atomic E-state index is -2.87. The van der Waals surface area contributed by atoms with Gasteiger partial charge in [-0.05, 0) is 46.7 Å². The van der Waals surface area contributed by atoms with E-state index in [-0.39, 0.29) is 17.5 Å². The Balaban J connectivity index is 1.86. The van der Waals surface area contributed by atoms with Crippen molar-refractivity contribution < 1.29 is 8.42 Å². The molecule has 19 heavy (non-hydrogen) atoms. The van der Waals surface area contributed by atoms with Crippen LogP contribution in [0.2, 0.25) is 0 Å². The Morgan fingerprint density at radius 2 is 1.95 bits per heavy atom. The van der Waals surface area contributed by atoms with E-state index in [1.165, 1.54) is 3.57 Å². The van der Waals surface area contributed by atoms with E-state index in [2.05, 4.69) is 39.8 Å². The number of aromatic nitrogens is 2. The van der Waals surface area contributed by atoms with Gasteiger partial charge in [-0.2, -0.15) is 5.10 Å². The first-order valence-electron chi connectivity index (χ1n) is 6.04. The summed E-state index contributed by atoms with van der Waals surface area (Å²) < 4.78 is 26.0. The molecule has 2 aromatic rings. The summed E-state index contributed by atoms with van der Waals surface area (Å²) in [6.07, 6.45) is 4.40. The highest BCUT2D eigenvalue weighted by Crippen LogP contribution is 2.26. The molecule has 1 aliphatic heterocycles. The van der Waals surface area contributed by atoms with Crippen LogP contribution in [0.5, 0.6) is 0 Å². The van der Waals surface area contributed by atoms with Gasteiger partial charge in [-0.15, -0.1) is 0 Å². The molecule has 1 saturated heterocycles. The third kappa shape index (κ3) is 2.84. The lowest BCUT2D eigenvalue weighted by molar-refractivity contribution is 0.500. The van der Waals surface area contributed by atoms with E-state index in [1.807, 2.05) is 18.3 Å². The van der Waals surface area contributed by atoms with Gasteiger partial charge >= 0.3 is 0 Å². The molecule has 1 aromatic heterocycles. The van der Waals surface area contributed by atoms with Crippen molar-refractivity contribution in [2.75, 3.05) is 11.5 Å². The van der Waals surface area contributed by atoms with Crippen molar-refractivity contribution in [3.05, 3.63) is 40.2 Å². The van der Waals surface area contributed by atoms with E-state index in [4.69, 9.17) is 0 Å². The molecule has 4 nitrogen and oxygen atoms in total. The molecule has 1 atom stereocenters. The molecule has 0 radical (unpaired) electrons. The fourth-order valence-electron chi connectivity index (χ4n) is 2.31. The van der Waals surface area contributed by atoms with Gasteiger partial charge in [0, 0.05) is 15.3 Å². The van der Waals surface area contributed by atoms with Gasteiger partial charge in [0.05, 0.1) is 23.7 Å². The maximum absolute atomic E-state index is 11.5. The van der Waals surface area contributed by atoms with Crippen LogP contribution < -0.4 is 0 Å². The van der Waals surface area contributed by atoms with E-state index in [0.29, 0.717) is 6.42 Å². The van der Waals surface area contributed by atoms with E-state index < -0.39 is 9.84 Å². The smallest absolute Gasteiger partial charge is 0.152 e. The van der Waals surface area contributed by atoms with Crippen molar-refractivity contribution in [2.24, 2.45) is 0 Å². The maximum atomic E-state index is 11.5. The molecule has 0 spiro atoms. The van der Waals surface area contributed by atoms with Crippen LogP contribution in [0, 0.1) is 3.57 Å². The first kappa shape index (κ1) is 13.1. The van der Waals surface area contributed by atoms with Gasteiger partial charge < -0.3 is 0 Å². The van der Waals surface area contributed by atoms with Crippen molar-refractivity contribution in [3.63, 3.8) is 0 Å². The second-order valence-corrected chi connectivity index (χ2v) is 8.25. The molecule has 0 saturated carbocycles. The number of benzene rings is 1. The summed E-state index contributed by atoms with van der Waals surface area (Å²) in [6, 6.07) is 8.19. The van der Waals surface area contributed by atoms with E-state index in [9.17, 15) is 8.42 Å². The predicted octanol–water partition coefficient (Wildman–Crippen LogP) is 2.51. The molecule has 0 aliphatic carbocycles. The zero-order valence-electron chi connectivity index (χ0n) is 10.2. The minimum Gasteiger partial charge on any atom is -0.268 e. The Hall–Kier alpha value is -0.890. The highest BCUT2D eigenvalue weighted by molar-refractivity contribution is 14.1. The van der Waals surface area contributed by atoms with Crippen LogP contribution in [0.1, 0.15) is 12.5 Å². The summed E-state index contributed by atoms with van der Waals surface area (Å²) in [5.74, 6) is 0.483. The SMILES string of the molecule is O=S1(=O)CCC(n2cc(-c3ccc(I)cc3)cn2)C1. The first-order valence-corrected chi connectivity index (χ1v) is 8.94. The minimum absolute atomic E-state index is 0.0115. The van der Waals surface area contributed by atoms with Gasteiger partial charge in [-0.1, -0.05) is 12.1 Å². The maximum Gasteiger partial charge on any atom is 0.152 e. The molecule has 1 aliphatic rings. The quantitative estimate of drug-likeness (QED) is 0.743. The van der Waals surface area contributed by atoms with Gasteiger partial charge in [-0.3, -0.25) is 4.68 Å². The Labute approximate surface area is 125 Å². The molecular formula is C13H13IN2O2S. The summed E-state index contributed by atoms with van der Waals surface area (Å²) in [6.45, 7) is 0. The zero-order chi connectivity index (χ0) is 13.5. The molecule has 3 rings (SSSR count). The molecule has 1 unspecified atom stereocenters. The highest BCUT2D eigenvalue weighted by Gasteiger charge is 2.29. The third-order valence-corrected chi connectivity index (χ3v) is 5.83. The lowest BCUT2D eigenvalue weighted by Gasteiger charge is -2.07. The second kappa shape index (κ2) is 4.90. The summed E-state index contributed by atoms with van der Waals surface area (Å²) in [7, 11) is -2.87. The number of hydrogen-bond acceptors (Lipinski definition) is 3. The Morgan fingerprint density at radius 3 is 2.58 bits per heavy atom. The molecular weight excluding hydrogens is 375 g/mol. The van der Waals surface area contributed by atoms with Gasteiger partial charge in [0.2, 0.25) is 0 Å². The molecule has 6 heteroatoms. The number of rotatable bonds is 2. The Morgan fingerprint density at radius 1 is 1.21 bits per heavy atom. The van der Waals surface area contributed by atoms with Crippen LogP contribution in [0.3, 0.4) is 0 Å². The van der Waals surface area contributed by atoms with Crippen molar-refractivity contribution in [3.8, 4) is 11.1 Å². The molecule has 0 N–H and O–H groups in total. The third-order valence-electron chi connectivity index (χ3n) is 3.36. The van der Waals surface area contributed by atoms with Crippen LogP contribution in [0.25, 0.3) is 11.1 Å². The summed E-state index contributed by atoms with van der Waals surface area (Å²) in [4.78, 5) is 0. The standard InChI is InChI=1S/C13H13IN2O2S/c14-12-3-1-10(2-4-12)11-7-15-16(8-11)13-5-6-19(17,18)9-13/h1-4,7-8,13H,5-6,9H2. The van der Waals surface area contributed by atoms with E-state index >= 15 is 0 Å². The van der Waals surface area contributed by atoms with Gasteiger partial charge in [0.1, 0.15) is 0 Å². The number of hydrogen-bond donors (Lipinski definition) is 0. The lowest BCUT2D eigenvalue weighted by atomic mass is 10.1. The molecule has 1 aromatic carbocycles. The molecule has 2 heterocycles. The van der Waals surface area contributed by atoms with Crippen LogP contribution in [0.4, 0.5) is 0 Å².